The molecule has 66 heavy (non-hydrogen) atoms. The van der Waals surface area contributed by atoms with Gasteiger partial charge in [-0.1, -0.05) is 212 Å². The predicted octanol–water partition coefficient (Wildman–Crippen LogP) is 18.1. The highest BCUT2D eigenvalue weighted by Gasteiger charge is 2.21. The van der Waals surface area contributed by atoms with Crippen molar-refractivity contribution in [3.8, 4) is 55.6 Å². The van der Waals surface area contributed by atoms with E-state index < -0.39 is 0 Å². The largest absolute Gasteiger partial charge is 0.310 e. The van der Waals surface area contributed by atoms with Crippen LogP contribution in [0.25, 0.3) is 66.4 Å². The van der Waals surface area contributed by atoms with Crippen LogP contribution in [-0.4, -0.2) is 0 Å². The van der Waals surface area contributed by atoms with Crippen LogP contribution < -0.4 is 9.80 Å². The molecule has 0 aliphatic carbocycles. The predicted molar refractivity (Wildman–Crippen MR) is 280 cm³/mol. The minimum absolute atomic E-state index is 1.04. The van der Waals surface area contributed by atoms with Crippen LogP contribution in [0, 0.1) is 0 Å². The van der Waals surface area contributed by atoms with Gasteiger partial charge in [0.15, 0.2) is 0 Å². The average Bonchev–Trinajstić information content (AvgIpc) is 3.40. The standard InChI is InChI=1S/C64H46N2/c1-5-17-47(18-6-1)51-31-37-57(38-32-51)65(58-39-33-52(34-40-58)48-19-7-2-8-20-48)61-44-56(64-30-16-26-54-25-13-14-29-63(54)64)45-62(46-61)66(59-41-35-53(36-42-59)49-21-9-3-10-22-49)60-28-15-27-55(43-60)50-23-11-4-12-24-50/h1-46H. The molecule has 0 saturated heterocycles. The van der Waals surface area contributed by atoms with Crippen LogP contribution >= 0.6 is 0 Å². The molecule has 0 spiro atoms. The summed E-state index contributed by atoms with van der Waals surface area (Å²) < 4.78 is 0. The van der Waals surface area contributed by atoms with Crippen molar-refractivity contribution in [1.29, 1.82) is 0 Å². The van der Waals surface area contributed by atoms with Crippen molar-refractivity contribution in [3.63, 3.8) is 0 Å². The second-order valence-electron chi connectivity index (χ2n) is 16.6. The van der Waals surface area contributed by atoms with E-state index in [4.69, 9.17) is 0 Å². The zero-order valence-electron chi connectivity index (χ0n) is 36.5. The molecule has 0 fully saturated rings. The number of benzene rings is 11. The second kappa shape index (κ2) is 18.2. The topological polar surface area (TPSA) is 6.48 Å². The van der Waals surface area contributed by atoms with Gasteiger partial charge in [0.05, 0.1) is 0 Å². The number of hydrogen-bond acceptors (Lipinski definition) is 2. The first-order valence-corrected chi connectivity index (χ1v) is 22.6. The quantitative estimate of drug-likeness (QED) is 0.128. The summed E-state index contributed by atoms with van der Waals surface area (Å²) in [4.78, 5) is 4.81. The fourth-order valence-electron chi connectivity index (χ4n) is 9.14. The second-order valence-corrected chi connectivity index (χ2v) is 16.6. The highest BCUT2D eigenvalue weighted by atomic mass is 15.2. The van der Waals surface area contributed by atoms with Gasteiger partial charge in [-0.3, -0.25) is 0 Å². The molecule has 312 valence electrons. The zero-order valence-corrected chi connectivity index (χ0v) is 36.5. The lowest BCUT2D eigenvalue weighted by atomic mass is 9.96. The molecular formula is C64H46N2. The third kappa shape index (κ3) is 8.28. The third-order valence-corrected chi connectivity index (χ3v) is 12.4. The van der Waals surface area contributed by atoms with Crippen molar-refractivity contribution in [2.45, 2.75) is 0 Å². The smallest absolute Gasteiger partial charge is 0.0488 e. The SMILES string of the molecule is c1ccc(-c2ccc(N(c3ccc(-c4ccccc4)cc3)c3cc(-c4cccc5ccccc45)cc(N(c4ccc(-c5ccccc5)cc4)c4cccc(-c5ccccc5)c4)c3)cc2)cc1. The van der Waals surface area contributed by atoms with Crippen molar-refractivity contribution in [1.82, 2.24) is 0 Å². The Morgan fingerprint density at radius 1 is 0.182 bits per heavy atom. The van der Waals surface area contributed by atoms with Crippen LogP contribution in [-0.2, 0) is 0 Å². The maximum absolute atomic E-state index is 2.41. The molecule has 0 atom stereocenters. The molecule has 11 aromatic carbocycles. The van der Waals surface area contributed by atoms with E-state index in [-0.39, 0.29) is 0 Å². The van der Waals surface area contributed by atoms with Crippen LogP contribution in [0.4, 0.5) is 34.1 Å². The van der Waals surface area contributed by atoms with Gasteiger partial charge in [0.2, 0.25) is 0 Å². The Morgan fingerprint density at radius 3 is 0.985 bits per heavy atom. The summed E-state index contributed by atoms with van der Waals surface area (Å²) in [5.74, 6) is 0. The monoisotopic (exact) mass is 842 g/mol. The zero-order chi connectivity index (χ0) is 44.1. The van der Waals surface area contributed by atoms with Crippen molar-refractivity contribution < 1.29 is 0 Å². The lowest BCUT2D eigenvalue weighted by Crippen LogP contribution is -2.14. The van der Waals surface area contributed by atoms with Gasteiger partial charge in [0.25, 0.3) is 0 Å². The van der Waals surface area contributed by atoms with Crippen molar-refractivity contribution >= 4 is 44.9 Å². The molecule has 0 N–H and O–H groups in total. The maximum atomic E-state index is 2.41. The summed E-state index contributed by atoms with van der Waals surface area (Å²) in [6, 6.07) is 101. The molecule has 0 aliphatic heterocycles. The first-order valence-electron chi connectivity index (χ1n) is 22.6. The molecule has 2 nitrogen and oxygen atoms in total. The third-order valence-electron chi connectivity index (χ3n) is 12.4. The summed E-state index contributed by atoms with van der Waals surface area (Å²) in [7, 11) is 0. The van der Waals surface area contributed by atoms with E-state index in [2.05, 4.69) is 289 Å². The molecule has 0 aromatic heterocycles. The number of anilines is 6. The molecular weight excluding hydrogens is 797 g/mol. The maximum Gasteiger partial charge on any atom is 0.0488 e. The fraction of sp³-hybridized carbons (Fsp3) is 0. The van der Waals surface area contributed by atoms with Gasteiger partial charge in [0.1, 0.15) is 0 Å². The molecule has 0 bridgehead atoms. The average molecular weight is 843 g/mol. The van der Waals surface area contributed by atoms with E-state index in [1.54, 1.807) is 0 Å². The van der Waals surface area contributed by atoms with E-state index >= 15 is 0 Å². The van der Waals surface area contributed by atoms with Crippen LogP contribution in [0.2, 0.25) is 0 Å². The molecule has 0 aliphatic rings. The molecule has 0 unspecified atom stereocenters. The Morgan fingerprint density at radius 2 is 0.515 bits per heavy atom. The van der Waals surface area contributed by atoms with Gasteiger partial charge in [-0.15, -0.1) is 0 Å². The summed E-state index contributed by atoms with van der Waals surface area (Å²) in [6.45, 7) is 0. The first kappa shape index (κ1) is 40.1. The van der Waals surface area contributed by atoms with E-state index in [0.717, 1.165) is 45.3 Å². The van der Waals surface area contributed by atoms with E-state index in [0.29, 0.717) is 0 Å². The van der Waals surface area contributed by atoms with Gasteiger partial charge in [-0.25, -0.2) is 0 Å². The van der Waals surface area contributed by atoms with Crippen molar-refractivity contribution in [3.05, 3.63) is 279 Å². The Hall–Kier alpha value is -8.72. The van der Waals surface area contributed by atoms with Gasteiger partial charge in [-0.05, 0) is 133 Å². The van der Waals surface area contributed by atoms with Gasteiger partial charge in [-0.2, -0.15) is 0 Å². The van der Waals surface area contributed by atoms with Crippen LogP contribution in [0.1, 0.15) is 0 Å². The molecule has 0 saturated carbocycles. The number of fused-ring (bicyclic) bond motifs is 1. The van der Waals surface area contributed by atoms with E-state index in [9.17, 15) is 0 Å². The Kier molecular flexibility index (Phi) is 11.0. The summed E-state index contributed by atoms with van der Waals surface area (Å²) in [6.07, 6.45) is 0. The van der Waals surface area contributed by atoms with Crippen LogP contribution in [0.3, 0.4) is 0 Å². The molecule has 0 radical (unpaired) electrons. The van der Waals surface area contributed by atoms with Gasteiger partial charge >= 0.3 is 0 Å². The highest BCUT2D eigenvalue weighted by molar-refractivity contribution is 5.99. The minimum Gasteiger partial charge on any atom is -0.310 e. The Bertz CT molecular complexity index is 3280. The normalized spacial score (nSPS) is 11.0. The summed E-state index contributed by atoms with van der Waals surface area (Å²) >= 11 is 0. The van der Waals surface area contributed by atoms with Gasteiger partial charge in [0, 0.05) is 34.1 Å². The van der Waals surface area contributed by atoms with Crippen LogP contribution in [0.15, 0.2) is 279 Å². The Labute approximate surface area is 387 Å². The lowest BCUT2D eigenvalue weighted by Gasteiger charge is -2.31. The molecule has 0 heterocycles. The van der Waals surface area contributed by atoms with Crippen molar-refractivity contribution in [2.24, 2.45) is 0 Å². The van der Waals surface area contributed by atoms with Gasteiger partial charge < -0.3 is 9.80 Å². The molecule has 11 aromatic rings. The van der Waals surface area contributed by atoms with E-state index in [1.807, 2.05) is 0 Å². The first-order chi connectivity index (χ1) is 32.7. The molecule has 0 amide bonds. The summed E-state index contributed by atoms with van der Waals surface area (Å²) in [5, 5.41) is 2.41. The van der Waals surface area contributed by atoms with Crippen molar-refractivity contribution in [2.75, 3.05) is 9.80 Å². The van der Waals surface area contributed by atoms with Crippen LogP contribution in [0.5, 0.6) is 0 Å². The molecule has 11 rings (SSSR count). The molecule has 2 heteroatoms. The number of hydrogen-bond donors (Lipinski definition) is 0. The van der Waals surface area contributed by atoms with E-state index in [1.165, 1.54) is 55.3 Å². The highest BCUT2D eigenvalue weighted by Crippen LogP contribution is 2.45. The number of rotatable bonds is 11. The summed E-state index contributed by atoms with van der Waals surface area (Å²) in [5.41, 5.74) is 18.0. The Balaban J connectivity index is 1.14. The minimum atomic E-state index is 1.04. The lowest BCUT2D eigenvalue weighted by molar-refractivity contribution is 1.25. The fourth-order valence-corrected chi connectivity index (χ4v) is 9.14. The number of nitrogens with zero attached hydrogens (tertiary/aromatic N) is 2.